The standard InChI is InChI=1S/C20H18O3/c21-11-12-1-2-13-6-19-10-17-8-15(20(22)23)4-3-14(17)7-18(19)9-16(13)5-12/h1-2,5,7,10-11,15H,3-4,6,8-9H2,(H,22,23). The number of carboxylic acids is 1. The number of aliphatic carboxylic acids is 1. The molecule has 2 aliphatic carbocycles. The lowest BCUT2D eigenvalue weighted by molar-refractivity contribution is -0.142. The first-order chi connectivity index (χ1) is 11.1. The quantitative estimate of drug-likeness (QED) is 0.740. The predicted octanol–water partition coefficient (Wildman–Crippen LogP) is 3.18. The number of hydrogen-bond acceptors (Lipinski definition) is 2. The van der Waals surface area contributed by atoms with Crippen LogP contribution in [0.3, 0.4) is 0 Å². The number of fused-ring (bicyclic) bond motifs is 3. The Kier molecular flexibility index (Phi) is 3.29. The first-order valence-electron chi connectivity index (χ1n) is 8.07. The van der Waals surface area contributed by atoms with Crippen LogP contribution in [0.15, 0.2) is 30.3 Å². The normalized spacial score (nSPS) is 18.5. The lowest BCUT2D eigenvalue weighted by Crippen LogP contribution is -2.23. The minimum Gasteiger partial charge on any atom is -0.481 e. The molecule has 4 rings (SSSR count). The summed E-state index contributed by atoms with van der Waals surface area (Å²) in [6, 6.07) is 10.4. The molecule has 116 valence electrons. The van der Waals surface area contributed by atoms with E-state index in [0.29, 0.717) is 6.42 Å². The third-order valence-corrected chi connectivity index (χ3v) is 5.23. The second-order valence-electron chi connectivity index (χ2n) is 6.67. The Morgan fingerprint density at radius 3 is 2.39 bits per heavy atom. The van der Waals surface area contributed by atoms with E-state index in [4.69, 9.17) is 0 Å². The van der Waals surface area contributed by atoms with Crippen molar-refractivity contribution in [2.24, 2.45) is 5.92 Å². The number of rotatable bonds is 2. The Labute approximate surface area is 135 Å². The van der Waals surface area contributed by atoms with Crippen LogP contribution in [0.1, 0.15) is 50.2 Å². The van der Waals surface area contributed by atoms with Crippen molar-refractivity contribution >= 4 is 12.3 Å². The van der Waals surface area contributed by atoms with Crippen molar-refractivity contribution in [3.05, 3.63) is 69.3 Å². The van der Waals surface area contributed by atoms with Gasteiger partial charge in [-0.2, -0.15) is 0 Å². The molecule has 23 heavy (non-hydrogen) atoms. The molecular weight excluding hydrogens is 288 g/mol. The number of carboxylic acid groups (broad SMARTS) is 1. The molecule has 0 aliphatic heterocycles. The molecular formula is C20H18O3. The Morgan fingerprint density at radius 1 is 0.957 bits per heavy atom. The minimum absolute atomic E-state index is 0.244. The largest absolute Gasteiger partial charge is 0.481 e. The van der Waals surface area contributed by atoms with Crippen molar-refractivity contribution < 1.29 is 14.7 Å². The summed E-state index contributed by atoms with van der Waals surface area (Å²) < 4.78 is 0. The summed E-state index contributed by atoms with van der Waals surface area (Å²) >= 11 is 0. The molecule has 0 heterocycles. The van der Waals surface area contributed by atoms with Crippen LogP contribution in [-0.4, -0.2) is 17.4 Å². The molecule has 1 N–H and O–H groups in total. The van der Waals surface area contributed by atoms with Crippen LogP contribution in [0, 0.1) is 5.92 Å². The van der Waals surface area contributed by atoms with E-state index in [2.05, 4.69) is 12.1 Å². The van der Waals surface area contributed by atoms with Crippen LogP contribution in [-0.2, 0) is 30.5 Å². The molecule has 2 aliphatic rings. The number of hydrogen-bond donors (Lipinski definition) is 1. The van der Waals surface area contributed by atoms with Crippen LogP contribution in [0.2, 0.25) is 0 Å². The summed E-state index contributed by atoms with van der Waals surface area (Å²) in [7, 11) is 0. The predicted molar refractivity (Wildman–Crippen MR) is 87.0 cm³/mol. The van der Waals surface area contributed by atoms with Crippen LogP contribution >= 0.6 is 0 Å². The fourth-order valence-electron chi connectivity index (χ4n) is 3.92. The smallest absolute Gasteiger partial charge is 0.306 e. The topological polar surface area (TPSA) is 54.4 Å². The fourth-order valence-corrected chi connectivity index (χ4v) is 3.92. The van der Waals surface area contributed by atoms with E-state index in [1.165, 1.54) is 33.4 Å². The van der Waals surface area contributed by atoms with Gasteiger partial charge in [-0.15, -0.1) is 0 Å². The number of carbonyl (C=O) groups excluding carboxylic acids is 1. The molecule has 0 saturated carbocycles. The van der Waals surface area contributed by atoms with Crippen molar-refractivity contribution in [1.82, 2.24) is 0 Å². The monoisotopic (exact) mass is 306 g/mol. The number of aldehydes is 1. The molecule has 3 heteroatoms. The summed E-state index contributed by atoms with van der Waals surface area (Å²) in [5.41, 5.74) is 8.38. The van der Waals surface area contributed by atoms with Gasteiger partial charge in [0.15, 0.2) is 0 Å². The molecule has 0 aromatic heterocycles. The lowest BCUT2D eigenvalue weighted by atomic mass is 9.78. The van der Waals surface area contributed by atoms with Crippen LogP contribution in [0.5, 0.6) is 0 Å². The summed E-state index contributed by atoms with van der Waals surface area (Å²) in [5.74, 6) is -0.924. The Balaban J connectivity index is 1.70. The van der Waals surface area contributed by atoms with Crippen molar-refractivity contribution in [3.8, 4) is 0 Å². The molecule has 3 nitrogen and oxygen atoms in total. The Bertz CT molecular complexity index is 820. The molecule has 0 saturated heterocycles. The average Bonchev–Trinajstić information content (AvgIpc) is 2.57. The number of benzene rings is 2. The van der Waals surface area contributed by atoms with Gasteiger partial charge in [0.2, 0.25) is 0 Å². The third-order valence-electron chi connectivity index (χ3n) is 5.23. The summed E-state index contributed by atoms with van der Waals surface area (Å²) in [6.45, 7) is 0. The van der Waals surface area contributed by atoms with Crippen molar-refractivity contribution in [1.29, 1.82) is 0 Å². The molecule has 0 spiro atoms. The number of aryl methyl sites for hydroxylation is 1. The van der Waals surface area contributed by atoms with Gasteiger partial charge in [0, 0.05) is 5.56 Å². The van der Waals surface area contributed by atoms with Gasteiger partial charge in [0.05, 0.1) is 5.92 Å². The van der Waals surface area contributed by atoms with Crippen molar-refractivity contribution in [2.45, 2.75) is 32.1 Å². The number of carbonyl (C=O) groups is 2. The van der Waals surface area contributed by atoms with Gasteiger partial charge in [0.1, 0.15) is 6.29 Å². The van der Waals surface area contributed by atoms with Crippen molar-refractivity contribution in [3.63, 3.8) is 0 Å². The molecule has 0 bridgehead atoms. The molecule has 2 aromatic carbocycles. The summed E-state index contributed by atoms with van der Waals surface area (Å²) in [5, 5.41) is 9.25. The average molecular weight is 306 g/mol. The van der Waals surface area contributed by atoms with Crippen LogP contribution in [0.4, 0.5) is 0 Å². The highest BCUT2D eigenvalue weighted by Gasteiger charge is 2.26. The molecule has 1 unspecified atom stereocenters. The lowest BCUT2D eigenvalue weighted by Gasteiger charge is -2.26. The van der Waals surface area contributed by atoms with E-state index in [1.54, 1.807) is 0 Å². The molecule has 0 fully saturated rings. The van der Waals surface area contributed by atoms with Crippen molar-refractivity contribution in [2.75, 3.05) is 0 Å². The Morgan fingerprint density at radius 2 is 1.65 bits per heavy atom. The van der Waals surface area contributed by atoms with Gasteiger partial charge in [0.25, 0.3) is 0 Å². The maximum Gasteiger partial charge on any atom is 0.306 e. The van der Waals surface area contributed by atoms with Gasteiger partial charge in [-0.1, -0.05) is 24.3 Å². The van der Waals surface area contributed by atoms with Crippen LogP contribution in [0.25, 0.3) is 0 Å². The van der Waals surface area contributed by atoms with E-state index < -0.39 is 5.97 Å². The first-order valence-corrected chi connectivity index (χ1v) is 8.07. The maximum atomic E-state index is 11.2. The van der Waals surface area contributed by atoms with E-state index in [-0.39, 0.29) is 5.92 Å². The van der Waals surface area contributed by atoms with E-state index in [9.17, 15) is 14.7 Å². The zero-order chi connectivity index (χ0) is 16.0. The fraction of sp³-hybridized carbons (Fsp3) is 0.300. The molecule has 1 atom stereocenters. The zero-order valence-corrected chi connectivity index (χ0v) is 12.8. The minimum atomic E-state index is -0.680. The van der Waals surface area contributed by atoms with E-state index >= 15 is 0 Å². The van der Waals surface area contributed by atoms with Gasteiger partial charge >= 0.3 is 5.97 Å². The highest BCUT2D eigenvalue weighted by atomic mass is 16.4. The second-order valence-corrected chi connectivity index (χ2v) is 6.67. The van der Waals surface area contributed by atoms with Gasteiger partial charge in [-0.3, -0.25) is 9.59 Å². The zero-order valence-electron chi connectivity index (χ0n) is 12.8. The van der Waals surface area contributed by atoms with Gasteiger partial charge in [-0.25, -0.2) is 0 Å². The Hall–Kier alpha value is -2.42. The van der Waals surface area contributed by atoms with Crippen LogP contribution < -0.4 is 0 Å². The highest BCUT2D eigenvalue weighted by Crippen LogP contribution is 2.33. The molecule has 0 radical (unpaired) electrons. The first kappa shape index (κ1) is 14.2. The highest BCUT2D eigenvalue weighted by molar-refractivity contribution is 5.75. The van der Waals surface area contributed by atoms with Gasteiger partial charge < -0.3 is 5.11 Å². The van der Waals surface area contributed by atoms with Gasteiger partial charge in [-0.05, 0) is 71.6 Å². The maximum absolute atomic E-state index is 11.2. The molecule has 0 amide bonds. The third kappa shape index (κ3) is 2.46. The SMILES string of the molecule is O=Cc1ccc2c(c1)Cc1cc3c(cc1C2)CC(C(=O)O)CC3. The van der Waals surface area contributed by atoms with E-state index in [0.717, 1.165) is 37.5 Å². The second kappa shape index (κ2) is 5.34. The summed E-state index contributed by atoms with van der Waals surface area (Å²) in [6.07, 6.45) is 4.86. The van der Waals surface area contributed by atoms with E-state index in [1.807, 2.05) is 18.2 Å². The summed E-state index contributed by atoms with van der Waals surface area (Å²) in [4.78, 5) is 22.2. The molecule has 2 aromatic rings.